The van der Waals surface area contributed by atoms with Gasteiger partial charge in [0, 0.05) is 12.5 Å². The summed E-state index contributed by atoms with van der Waals surface area (Å²) in [6, 6.07) is 5.26. The highest BCUT2D eigenvalue weighted by atomic mass is 35.5. The van der Waals surface area contributed by atoms with Gasteiger partial charge in [-0.2, -0.15) is 0 Å². The molecule has 0 aliphatic carbocycles. The van der Waals surface area contributed by atoms with E-state index in [4.69, 9.17) is 40.5 Å². The van der Waals surface area contributed by atoms with Gasteiger partial charge in [0.25, 0.3) is 0 Å². The van der Waals surface area contributed by atoms with Crippen molar-refractivity contribution in [2.24, 2.45) is 5.73 Å². The van der Waals surface area contributed by atoms with Gasteiger partial charge < -0.3 is 10.8 Å². The molecular weight excluding hydrogens is 337 g/mol. The average molecular weight is 351 g/mol. The second-order valence-corrected chi connectivity index (χ2v) is 6.66. The Morgan fingerprint density at radius 1 is 1.25 bits per heavy atom. The number of hydrogen-bond donors (Lipinski definition) is 2. The van der Waals surface area contributed by atoms with Crippen LogP contribution in [0.15, 0.2) is 23.6 Å². The second-order valence-electron chi connectivity index (χ2n) is 4.56. The summed E-state index contributed by atoms with van der Waals surface area (Å²) in [7, 11) is 0. The van der Waals surface area contributed by atoms with Gasteiger partial charge in [-0.25, -0.2) is 0 Å². The maximum Gasteiger partial charge on any atom is 0.0977 e. The van der Waals surface area contributed by atoms with Crippen LogP contribution in [0.3, 0.4) is 0 Å². The van der Waals surface area contributed by atoms with Crippen LogP contribution in [0.2, 0.25) is 15.1 Å². The van der Waals surface area contributed by atoms with Crippen molar-refractivity contribution in [3.63, 3.8) is 0 Å². The van der Waals surface area contributed by atoms with Gasteiger partial charge in [-0.05, 0) is 35.6 Å². The van der Waals surface area contributed by atoms with Crippen molar-refractivity contribution in [1.82, 2.24) is 0 Å². The van der Waals surface area contributed by atoms with Crippen molar-refractivity contribution in [2.45, 2.75) is 18.9 Å². The first kappa shape index (κ1) is 16.1. The van der Waals surface area contributed by atoms with Crippen molar-refractivity contribution < 1.29 is 5.11 Å². The van der Waals surface area contributed by atoms with Crippen molar-refractivity contribution in [2.75, 3.05) is 6.54 Å². The predicted molar refractivity (Wildman–Crippen MR) is 87.3 cm³/mol. The summed E-state index contributed by atoms with van der Waals surface area (Å²) < 4.78 is 0. The van der Waals surface area contributed by atoms with Crippen LogP contribution in [-0.4, -0.2) is 11.7 Å². The van der Waals surface area contributed by atoms with Crippen LogP contribution in [0.25, 0.3) is 0 Å². The molecule has 2 rings (SSSR count). The summed E-state index contributed by atoms with van der Waals surface area (Å²) in [5, 5.41) is 14.0. The van der Waals surface area contributed by atoms with Gasteiger partial charge in [-0.15, -0.1) is 11.3 Å². The number of thiophene rings is 1. The molecule has 0 fully saturated rings. The highest BCUT2D eigenvalue weighted by molar-refractivity contribution is 7.10. The highest BCUT2D eigenvalue weighted by Crippen LogP contribution is 2.40. The Morgan fingerprint density at radius 3 is 2.45 bits per heavy atom. The van der Waals surface area contributed by atoms with Gasteiger partial charge in [0.05, 0.1) is 26.0 Å². The SMILES string of the molecule is Cc1csc(C(O)C(CN)c2ccc(Cl)c(Cl)c2)c1Cl. The van der Waals surface area contributed by atoms with Gasteiger partial charge in [-0.3, -0.25) is 0 Å². The number of aliphatic hydroxyl groups is 1. The fourth-order valence-corrected chi connectivity index (χ4v) is 3.68. The minimum absolute atomic E-state index is 0.277. The highest BCUT2D eigenvalue weighted by Gasteiger charge is 2.25. The lowest BCUT2D eigenvalue weighted by Gasteiger charge is -2.22. The van der Waals surface area contributed by atoms with Gasteiger partial charge in [0.15, 0.2) is 0 Å². The van der Waals surface area contributed by atoms with Crippen LogP contribution < -0.4 is 5.73 Å². The van der Waals surface area contributed by atoms with Crippen molar-refractivity contribution in [3.8, 4) is 0 Å². The average Bonchev–Trinajstić information content (AvgIpc) is 2.75. The molecule has 0 aliphatic rings. The molecule has 108 valence electrons. The number of halogens is 3. The van der Waals surface area contributed by atoms with Gasteiger partial charge in [0.1, 0.15) is 0 Å². The largest absolute Gasteiger partial charge is 0.387 e. The molecule has 0 radical (unpaired) electrons. The van der Waals surface area contributed by atoms with Gasteiger partial charge in [0.2, 0.25) is 0 Å². The molecular formula is C14H14Cl3NOS. The molecule has 0 saturated carbocycles. The first-order valence-corrected chi connectivity index (χ1v) is 8.03. The standard InChI is InChI=1S/C14H14Cl3NOS/c1-7-6-20-14(12(7)17)13(19)9(5-18)8-2-3-10(15)11(16)4-8/h2-4,6,9,13,19H,5,18H2,1H3. The molecule has 2 atom stereocenters. The number of aliphatic hydroxyl groups excluding tert-OH is 1. The van der Waals surface area contributed by atoms with Crippen LogP contribution >= 0.6 is 46.1 Å². The first-order valence-electron chi connectivity index (χ1n) is 6.02. The molecule has 3 N–H and O–H groups in total. The third-order valence-corrected chi connectivity index (χ3v) is 5.72. The van der Waals surface area contributed by atoms with Gasteiger partial charge >= 0.3 is 0 Å². The molecule has 2 aromatic rings. The Hall–Kier alpha value is -0.290. The maximum absolute atomic E-state index is 10.6. The van der Waals surface area contributed by atoms with Crippen molar-refractivity contribution >= 4 is 46.1 Å². The first-order chi connectivity index (χ1) is 9.45. The van der Waals surface area contributed by atoms with E-state index in [0.29, 0.717) is 15.1 Å². The van der Waals surface area contributed by atoms with E-state index in [1.165, 1.54) is 11.3 Å². The molecule has 1 aromatic carbocycles. The third-order valence-electron chi connectivity index (χ3n) is 3.20. The lowest BCUT2D eigenvalue weighted by Crippen LogP contribution is -2.19. The van der Waals surface area contributed by atoms with Crippen LogP contribution in [0.4, 0.5) is 0 Å². The van der Waals surface area contributed by atoms with E-state index in [2.05, 4.69) is 0 Å². The monoisotopic (exact) mass is 349 g/mol. The number of benzene rings is 1. The minimum Gasteiger partial charge on any atom is -0.387 e. The molecule has 0 saturated heterocycles. The summed E-state index contributed by atoms with van der Waals surface area (Å²) in [6.07, 6.45) is -0.761. The molecule has 2 nitrogen and oxygen atoms in total. The van der Waals surface area contributed by atoms with Crippen LogP contribution in [-0.2, 0) is 0 Å². The Labute approximate surface area is 137 Å². The fourth-order valence-electron chi connectivity index (χ4n) is 2.02. The van der Waals surface area contributed by atoms with E-state index in [1.54, 1.807) is 12.1 Å². The molecule has 1 heterocycles. The summed E-state index contributed by atoms with van der Waals surface area (Å²) in [5.41, 5.74) is 7.61. The topological polar surface area (TPSA) is 46.2 Å². The van der Waals surface area contributed by atoms with E-state index in [0.717, 1.165) is 16.0 Å². The van der Waals surface area contributed by atoms with Crippen LogP contribution in [0.5, 0.6) is 0 Å². The zero-order chi connectivity index (χ0) is 14.9. The molecule has 0 aliphatic heterocycles. The van der Waals surface area contributed by atoms with E-state index >= 15 is 0 Å². The summed E-state index contributed by atoms with van der Waals surface area (Å²) >= 11 is 19.6. The van der Waals surface area contributed by atoms with Crippen LogP contribution in [0, 0.1) is 6.92 Å². The molecule has 1 aromatic heterocycles. The maximum atomic E-state index is 10.6. The van der Waals surface area contributed by atoms with E-state index in [-0.39, 0.29) is 12.5 Å². The van der Waals surface area contributed by atoms with E-state index < -0.39 is 6.10 Å². The summed E-state index contributed by atoms with van der Waals surface area (Å²) in [6.45, 7) is 2.19. The zero-order valence-electron chi connectivity index (χ0n) is 10.7. The molecule has 0 spiro atoms. The van der Waals surface area contributed by atoms with Gasteiger partial charge in [-0.1, -0.05) is 40.9 Å². The van der Waals surface area contributed by atoms with E-state index in [1.807, 2.05) is 18.4 Å². The predicted octanol–water partition coefficient (Wildman–Crippen LogP) is 4.79. The quantitative estimate of drug-likeness (QED) is 0.832. The Morgan fingerprint density at radius 2 is 1.95 bits per heavy atom. The molecule has 20 heavy (non-hydrogen) atoms. The van der Waals surface area contributed by atoms with E-state index in [9.17, 15) is 5.11 Å². The Bertz CT molecular complexity index is 614. The van der Waals surface area contributed by atoms with Crippen molar-refractivity contribution in [3.05, 3.63) is 54.7 Å². The smallest absolute Gasteiger partial charge is 0.0977 e. The number of hydrogen-bond acceptors (Lipinski definition) is 3. The summed E-state index contributed by atoms with van der Waals surface area (Å²) in [4.78, 5) is 0.727. The number of nitrogens with two attached hydrogens (primary N) is 1. The number of rotatable bonds is 4. The third kappa shape index (κ3) is 3.14. The second kappa shape index (κ2) is 6.65. The zero-order valence-corrected chi connectivity index (χ0v) is 13.8. The normalized spacial score (nSPS) is 14.3. The van der Waals surface area contributed by atoms with Crippen LogP contribution in [0.1, 0.15) is 28.0 Å². The molecule has 0 amide bonds. The van der Waals surface area contributed by atoms with Crippen molar-refractivity contribution in [1.29, 1.82) is 0 Å². The minimum atomic E-state index is -0.761. The molecule has 6 heteroatoms. The lowest BCUT2D eigenvalue weighted by atomic mass is 9.92. The number of aryl methyl sites for hydroxylation is 1. The molecule has 2 unspecified atom stereocenters. The lowest BCUT2D eigenvalue weighted by molar-refractivity contribution is 0.151. The Balaban J connectivity index is 2.36. The molecule has 0 bridgehead atoms. The fraction of sp³-hybridized carbons (Fsp3) is 0.286. The summed E-state index contributed by atoms with van der Waals surface area (Å²) in [5.74, 6) is -0.277. The Kier molecular flexibility index (Phi) is 5.35.